The van der Waals surface area contributed by atoms with Crippen LogP contribution in [0.25, 0.3) is 16.6 Å². The predicted octanol–water partition coefficient (Wildman–Crippen LogP) is 2.66. The fourth-order valence-corrected chi connectivity index (χ4v) is 2.14. The molecule has 0 bridgehead atoms. The van der Waals surface area contributed by atoms with Crippen molar-refractivity contribution in [1.29, 1.82) is 0 Å². The Kier molecular flexibility index (Phi) is 2.38. The summed E-state index contributed by atoms with van der Waals surface area (Å²) in [5, 5.41) is 4.71. The van der Waals surface area contributed by atoms with Gasteiger partial charge in [-0.3, -0.25) is 4.79 Å². The number of fused-ring (bicyclic) bond motifs is 2. The zero-order chi connectivity index (χ0) is 12.0. The van der Waals surface area contributed by atoms with Crippen molar-refractivity contribution in [3.63, 3.8) is 0 Å². The molecular weight excluding hydrogens is 305 g/mol. The second-order valence-corrected chi connectivity index (χ2v) is 4.81. The van der Waals surface area contributed by atoms with Crippen molar-refractivity contribution in [3.8, 4) is 0 Å². The van der Waals surface area contributed by atoms with Crippen molar-refractivity contribution in [2.45, 2.75) is 0 Å². The largest absolute Gasteiger partial charge is 0.282 e. The molecule has 0 saturated heterocycles. The van der Waals surface area contributed by atoms with Crippen molar-refractivity contribution in [2.75, 3.05) is 0 Å². The molecule has 0 spiro atoms. The molecule has 84 valence electrons. The van der Waals surface area contributed by atoms with Gasteiger partial charge in [0, 0.05) is 4.47 Å². The van der Waals surface area contributed by atoms with E-state index in [9.17, 15) is 4.79 Å². The van der Waals surface area contributed by atoms with Gasteiger partial charge in [0.25, 0.3) is 5.56 Å². The van der Waals surface area contributed by atoms with Crippen LogP contribution in [0.15, 0.2) is 39.6 Å². The Morgan fingerprint density at radius 3 is 2.88 bits per heavy atom. The summed E-state index contributed by atoms with van der Waals surface area (Å²) in [4.78, 5) is 16.5. The van der Waals surface area contributed by atoms with Crippen molar-refractivity contribution in [3.05, 3.63) is 50.3 Å². The van der Waals surface area contributed by atoms with Gasteiger partial charge < -0.3 is 0 Å². The Bertz CT molecular complexity index is 737. The topological polar surface area (TPSA) is 47.3 Å². The summed E-state index contributed by atoms with van der Waals surface area (Å²) in [5.41, 5.74) is 0.894. The number of halogens is 2. The minimum absolute atomic E-state index is 0.228. The first kappa shape index (κ1) is 10.7. The van der Waals surface area contributed by atoms with Crippen LogP contribution in [0.1, 0.15) is 0 Å². The predicted molar refractivity (Wildman–Crippen MR) is 69.5 cm³/mol. The van der Waals surface area contributed by atoms with Crippen molar-refractivity contribution in [1.82, 2.24) is 14.6 Å². The van der Waals surface area contributed by atoms with E-state index in [1.54, 1.807) is 24.3 Å². The van der Waals surface area contributed by atoms with Gasteiger partial charge in [0.05, 0.1) is 10.9 Å². The summed E-state index contributed by atoms with van der Waals surface area (Å²) in [7, 11) is 0. The molecule has 6 heteroatoms. The van der Waals surface area contributed by atoms with E-state index in [0.29, 0.717) is 16.6 Å². The molecule has 0 aliphatic carbocycles. The van der Waals surface area contributed by atoms with Gasteiger partial charge in [-0.25, -0.2) is 4.98 Å². The van der Waals surface area contributed by atoms with Crippen molar-refractivity contribution >= 4 is 44.1 Å². The lowest BCUT2D eigenvalue weighted by Gasteiger charge is -2.02. The molecule has 4 nitrogen and oxygen atoms in total. The standard InChI is InChI=1S/C11H5BrClN3O/c12-6-1-2-8-7(5-6)11(17)16-10(14-8)4-3-9(13)15-16/h1-5H. The molecule has 3 rings (SSSR count). The van der Waals surface area contributed by atoms with Crippen LogP contribution >= 0.6 is 27.5 Å². The average Bonchev–Trinajstić information content (AvgIpc) is 2.32. The molecule has 2 heterocycles. The van der Waals surface area contributed by atoms with E-state index in [0.717, 1.165) is 4.47 Å². The molecule has 1 aromatic carbocycles. The highest BCUT2D eigenvalue weighted by atomic mass is 79.9. The van der Waals surface area contributed by atoms with E-state index in [1.807, 2.05) is 6.07 Å². The van der Waals surface area contributed by atoms with Crippen LogP contribution in [0.2, 0.25) is 5.15 Å². The molecule has 3 aromatic rings. The van der Waals surface area contributed by atoms with Gasteiger partial charge in [-0.15, -0.1) is 0 Å². The Morgan fingerprint density at radius 2 is 2.06 bits per heavy atom. The lowest BCUT2D eigenvalue weighted by molar-refractivity contribution is 0.881. The smallest absolute Gasteiger partial charge is 0.267 e. The second kappa shape index (κ2) is 3.78. The molecule has 0 amide bonds. The fourth-order valence-electron chi connectivity index (χ4n) is 1.64. The van der Waals surface area contributed by atoms with Gasteiger partial charge in [0.1, 0.15) is 5.15 Å². The highest BCUT2D eigenvalue weighted by molar-refractivity contribution is 9.10. The number of rotatable bonds is 0. The van der Waals surface area contributed by atoms with Gasteiger partial charge in [-0.05, 0) is 30.3 Å². The number of hydrogen-bond acceptors (Lipinski definition) is 3. The molecule has 0 saturated carbocycles. The van der Waals surface area contributed by atoms with Crippen LogP contribution < -0.4 is 5.56 Å². The molecule has 0 atom stereocenters. The summed E-state index contributed by atoms with van der Waals surface area (Å²) in [6, 6.07) is 8.62. The third-order valence-corrected chi connectivity index (χ3v) is 3.09. The molecule has 0 N–H and O–H groups in total. The van der Waals surface area contributed by atoms with E-state index < -0.39 is 0 Å². The van der Waals surface area contributed by atoms with Gasteiger partial charge in [-0.2, -0.15) is 9.61 Å². The minimum atomic E-state index is -0.228. The highest BCUT2D eigenvalue weighted by Gasteiger charge is 2.06. The summed E-state index contributed by atoms with van der Waals surface area (Å²) >= 11 is 9.09. The SMILES string of the molecule is O=c1c2cc(Br)ccc2nc2ccc(Cl)nn12. The first-order valence-corrected chi connectivity index (χ1v) is 5.97. The van der Waals surface area contributed by atoms with Crippen LogP contribution in [-0.4, -0.2) is 14.6 Å². The second-order valence-electron chi connectivity index (χ2n) is 3.50. The maximum Gasteiger partial charge on any atom is 0.282 e. The lowest BCUT2D eigenvalue weighted by atomic mass is 10.2. The summed E-state index contributed by atoms with van der Waals surface area (Å²) in [5.74, 6) is 0. The summed E-state index contributed by atoms with van der Waals surface area (Å²) < 4.78 is 2.03. The third-order valence-electron chi connectivity index (χ3n) is 2.40. The van der Waals surface area contributed by atoms with Gasteiger partial charge >= 0.3 is 0 Å². The van der Waals surface area contributed by atoms with Crippen molar-refractivity contribution in [2.24, 2.45) is 0 Å². The number of benzene rings is 1. The normalized spacial score (nSPS) is 11.2. The molecule has 17 heavy (non-hydrogen) atoms. The first-order valence-electron chi connectivity index (χ1n) is 4.80. The third kappa shape index (κ3) is 1.71. The number of hydrogen-bond donors (Lipinski definition) is 0. The quantitative estimate of drug-likeness (QED) is 0.600. The van der Waals surface area contributed by atoms with Crippen LogP contribution in [0.4, 0.5) is 0 Å². The Labute approximate surface area is 109 Å². The zero-order valence-corrected chi connectivity index (χ0v) is 10.7. The van der Waals surface area contributed by atoms with E-state index in [2.05, 4.69) is 26.0 Å². The van der Waals surface area contributed by atoms with E-state index in [4.69, 9.17) is 11.6 Å². The van der Waals surface area contributed by atoms with Crippen LogP contribution in [0, 0.1) is 0 Å². The highest BCUT2D eigenvalue weighted by Crippen LogP contribution is 2.16. The van der Waals surface area contributed by atoms with Crippen molar-refractivity contribution < 1.29 is 0 Å². The molecule has 0 fully saturated rings. The number of aromatic nitrogens is 3. The Morgan fingerprint density at radius 1 is 1.24 bits per heavy atom. The minimum Gasteiger partial charge on any atom is -0.267 e. The molecular formula is C11H5BrClN3O. The number of nitrogens with zero attached hydrogens (tertiary/aromatic N) is 3. The zero-order valence-electron chi connectivity index (χ0n) is 8.39. The van der Waals surface area contributed by atoms with Gasteiger partial charge in [-0.1, -0.05) is 27.5 Å². The summed E-state index contributed by atoms with van der Waals surface area (Å²) in [6.07, 6.45) is 0. The first-order chi connectivity index (χ1) is 8.15. The fraction of sp³-hybridized carbons (Fsp3) is 0. The maximum absolute atomic E-state index is 12.2. The molecule has 0 radical (unpaired) electrons. The average molecular weight is 311 g/mol. The van der Waals surface area contributed by atoms with Crippen LogP contribution in [-0.2, 0) is 0 Å². The summed E-state index contributed by atoms with van der Waals surface area (Å²) in [6.45, 7) is 0. The monoisotopic (exact) mass is 309 g/mol. The van der Waals surface area contributed by atoms with E-state index >= 15 is 0 Å². The van der Waals surface area contributed by atoms with Gasteiger partial charge in [0.15, 0.2) is 5.65 Å². The molecule has 0 aliphatic heterocycles. The van der Waals surface area contributed by atoms with Crippen LogP contribution in [0.3, 0.4) is 0 Å². The maximum atomic E-state index is 12.2. The lowest BCUT2D eigenvalue weighted by Crippen LogP contribution is -2.17. The molecule has 2 aromatic heterocycles. The van der Waals surface area contributed by atoms with E-state index in [1.165, 1.54) is 4.52 Å². The Hall–Kier alpha value is -1.46. The van der Waals surface area contributed by atoms with E-state index in [-0.39, 0.29) is 10.7 Å². The van der Waals surface area contributed by atoms with Gasteiger partial charge in [0.2, 0.25) is 0 Å². The van der Waals surface area contributed by atoms with Crippen LogP contribution in [0.5, 0.6) is 0 Å². The molecule has 0 unspecified atom stereocenters. The molecule has 0 aliphatic rings. The Balaban J connectivity index is 2.58.